The molecule has 0 aliphatic carbocycles. The Balaban J connectivity index is 2.59. The fourth-order valence-electron chi connectivity index (χ4n) is 1.72. The Labute approximate surface area is 91.3 Å². The third kappa shape index (κ3) is 1.87. The lowest BCUT2D eigenvalue weighted by Crippen LogP contribution is -2.33. The van der Waals surface area contributed by atoms with Gasteiger partial charge in [-0.2, -0.15) is 0 Å². The number of hydrogen-bond donors (Lipinski definition) is 2. The topological polar surface area (TPSA) is 50.9 Å². The third-order valence-corrected chi connectivity index (χ3v) is 2.48. The van der Waals surface area contributed by atoms with Crippen LogP contribution in [0.2, 0.25) is 0 Å². The second-order valence-corrected chi connectivity index (χ2v) is 3.42. The summed E-state index contributed by atoms with van der Waals surface area (Å²) >= 11 is 0. The second-order valence-electron chi connectivity index (χ2n) is 3.42. The number of nitrogens with two attached hydrogens (primary N) is 1. The maximum Gasteiger partial charge on any atom is 0.259 e. The molecule has 1 unspecified atom stereocenters. The first-order chi connectivity index (χ1) is 7.74. The summed E-state index contributed by atoms with van der Waals surface area (Å²) in [6.07, 6.45) is 0.659. The Kier molecular flexibility index (Phi) is 3.07. The minimum atomic E-state index is -2.55. The van der Waals surface area contributed by atoms with E-state index in [1.54, 1.807) is 30.6 Å². The molecule has 2 rings (SSSR count). The van der Waals surface area contributed by atoms with Gasteiger partial charge in [-0.25, -0.2) is 14.2 Å². The largest absolute Gasteiger partial charge is 0.271 e. The van der Waals surface area contributed by atoms with Crippen molar-refractivity contribution in [3.63, 3.8) is 0 Å². The summed E-state index contributed by atoms with van der Waals surface area (Å²) in [6.45, 7) is 0. The molecule has 1 heterocycles. The van der Waals surface area contributed by atoms with Crippen LogP contribution >= 0.6 is 0 Å². The molecule has 0 saturated heterocycles. The summed E-state index contributed by atoms with van der Waals surface area (Å²) in [4.78, 5) is 3.94. The van der Waals surface area contributed by atoms with E-state index in [0.29, 0.717) is 5.56 Å². The lowest BCUT2D eigenvalue weighted by atomic mass is 10.0. The highest BCUT2D eigenvalue weighted by Gasteiger charge is 2.22. The van der Waals surface area contributed by atoms with Crippen LogP contribution in [-0.4, -0.2) is 11.4 Å². The van der Waals surface area contributed by atoms with E-state index >= 15 is 0 Å². The van der Waals surface area contributed by atoms with Crippen molar-refractivity contribution in [2.75, 3.05) is 0 Å². The average molecular weight is 223 g/mol. The first kappa shape index (κ1) is 10.9. The number of benzene rings is 1. The number of fused-ring (bicyclic) bond motifs is 1. The van der Waals surface area contributed by atoms with Crippen molar-refractivity contribution in [2.45, 2.75) is 12.5 Å². The highest BCUT2D eigenvalue weighted by atomic mass is 19.3. The maximum absolute atomic E-state index is 12.8. The van der Waals surface area contributed by atoms with Gasteiger partial charge in [-0.3, -0.25) is 10.8 Å². The van der Waals surface area contributed by atoms with Gasteiger partial charge in [-0.1, -0.05) is 18.2 Å². The van der Waals surface area contributed by atoms with E-state index in [-0.39, 0.29) is 0 Å². The van der Waals surface area contributed by atoms with Crippen LogP contribution in [0, 0.1) is 0 Å². The molecule has 1 atom stereocenters. The zero-order valence-electron chi connectivity index (χ0n) is 8.40. The molecule has 2 aromatic rings. The van der Waals surface area contributed by atoms with Gasteiger partial charge in [0.2, 0.25) is 0 Å². The Morgan fingerprint density at radius 2 is 2.06 bits per heavy atom. The van der Waals surface area contributed by atoms with Crippen molar-refractivity contribution >= 4 is 10.8 Å². The molecule has 0 bridgehead atoms. The molecule has 1 aromatic carbocycles. The van der Waals surface area contributed by atoms with Gasteiger partial charge in [0, 0.05) is 17.8 Å². The molecule has 0 aliphatic rings. The van der Waals surface area contributed by atoms with E-state index in [9.17, 15) is 8.78 Å². The zero-order valence-corrected chi connectivity index (χ0v) is 8.40. The summed E-state index contributed by atoms with van der Waals surface area (Å²) in [6, 6.07) is 5.72. The summed E-state index contributed by atoms with van der Waals surface area (Å²) < 4.78 is 25.5. The minimum Gasteiger partial charge on any atom is -0.271 e. The summed E-state index contributed by atoms with van der Waals surface area (Å²) in [5.41, 5.74) is 2.62. The lowest BCUT2D eigenvalue weighted by Gasteiger charge is -2.17. The summed E-state index contributed by atoms with van der Waals surface area (Å²) in [5.74, 6) is 5.15. The Morgan fingerprint density at radius 1 is 1.25 bits per heavy atom. The molecular weight excluding hydrogens is 212 g/mol. The molecule has 0 aliphatic heterocycles. The highest BCUT2D eigenvalue weighted by molar-refractivity contribution is 5.85. The number of rotatable bonds is 3. The van der Waals surface area contributed by atoms with Gasteiger partial charge in [0.15, 0.2) is 0 Å². The Morgan fingerprint density at radius 3 is 2.75 bits per heavy atom. The van der Waals surface area contributed by atoms with Crippen LogP contribution < -0.4 is 11.3 Å². The van der Waals surface area contributed by atoms with Crippen LogP contribution in [0.1, 0.15) is 11.6 Å². The summed E-state index contributed by atoms with van der Waals surface area (Å²) in [7, 11) is 0. The van der Waals surface area contributed by atoms with Gasteiger partial charge in [0.1, 0.15) is 6.04 Å². The molecule has 1 aromatic heterocycles. The number of nitrogens with one attached hydrogen (secondary N) is 1. The van der Waals surface area contributed by atoms with Gasteiger partial charge in [-0.05, 0) is 17.0 Å². The number of aromatic nitrogens is 1. The van der Waals surface area contributed by atoms with Gasteiger partial charge >= 0.3 is 0 Å². The van der Waals surface area contributed by atoms with E-state index < -0.39 is 12.5 Å². The monoisotopic (exact) mass is 223 g/mol. The predicted molar refractivity (Wildman–Crippen MR) is 57.8 cm³/mol. The van der Waals surface area contributed by atoms with E-state index in [1.807, 2.05) is 6.07 Å². The van der Waals surface area contributed by atoms with E-state index in [0.717, 1.165) is 10.8 Å². The van der Waals surface area contributed by atoms with Crippen LogP contribution in [0.25, 0.3) is 10.8 Å². The van der Waals surface area contributed by atoms with Crippen LogP contribution in [0.15, 0.2) is 36.7 Å². The first-order valence-corrected chi connectivity index (χ1v) is 4.81. The molecule has 0 saturated carbocycles. The smallest absolute Gasteiger partial charge is 0.259 e. The number of nitrogens with zero attached hydrogens (tertiary/aromatic N) is 1. The summed E-state index contributed by atoms with van der Waals surface area (Å²) in [5, 5.41) is 1.56. The molecule has 3 N–H and O–H groups in total. The number of halogens is 2. The quantitative estimate of drug-likeness (QED) is 0.618. The number of pyridine rings is 1. The molecule has 0 spiro atoms. The molecule has 16 heavy (non-hydrogen) atoms. The van der Waals surface area contributed by atoms with Crippen LogP contribution in [0.3, 0.4) is 0 Å². The predicted octanol–water partition coefficient (Wildman–Crippen LogP) is 2.00. The number of hydrazine groups is 1. The molecule has 84 valence electrons. The molecule has 0 fully saturated rings. The van der Waals surface area contributed by atoms with Gasteiger partial charge in [-0.15, -0.1) is 0 Å². The van der Waals surface area contributed by atoms with Crippen LogP contribution in [-0.2, 0) is 0 Å². The molecule has 5 heteroatoms. The molecule has 3 nitrogen and oxygen atoms in total. The number of alkyl halides is 2. The van der Waals surface area contributed by atoms with Crippen LogP contribution in [0.5, 0.6) is 0 Å². The average Bonchev–Trinajstić information content (AvgIpc) is 2.30. The standard InChI is InChI=1S/C11H11F2N3/c12-11(13)10(16-14)9-3-1-2-7-6-15-5-4-8(7)9/h1-6,10-11,16H,14H2. The number of hydrogen-bond acceptors (Lipinski definition) is 3. The van der Waals surface area contributed by atoms with Gasteiger partial charge in [0.25, 0.3) is 6.43 Å². The zero-order chi connectivity index (χ0) is 11.5. The van der Waals surface area contributed by atoms with Crippen molar-refractivity contribution in [3.8, 4) is 0 Å². The molecule has 0 radical (unpaired) electrons. The van der Waals surface area contributed by atoms with Crippen molar-refractivity contribution in [2.24, 2.45) is 5.84 Å². The Hall–Kier alpha value is -1.59. The van der Waals surface area contributed by atoms with Crippen molar-refractivity contribution < 1.29 is 8.78 Å². The van der Waals surface area contributed by atoms with E-state index in [4.69, 9.17) is 5.84 Å². The minimum absolute atomic E-state index is 0.484. The maximum atomic E-state index is 12.8. The van der Waals surface area contributed by atoms with Crippen molar-refractivity contribution in [3.05, 3.63) is 42.2 Å². The third-order valence-electron chi connectivity index (χ3n) is 2.48. The van der Waals surface area contributed by atoms with Crippen LogP contribution in [0.4, 0.5) is 8.78 Å². The van der Waals surface area contributed by atoms with Crippen molar-refractivity contribution in [1.29, 1.82) is 0 Å². The van der Waals surface area contributed by atoms with E-state index in [2.05, 4.69) is 10.4 Å². The van der Waals surface area contributed by atoms with Gasteiger partial charge in [0.05, 0.1) is 0 Å². The Bertz CT molecular complexity index is 482. The highest BCUT2D eigenvalue weighted by Crippen LogP contribution is 2.26. The second kappa shape index (κ2) is 4.51. The SMILES string of the molecule is NNC(c1cccc2cnccc12)C(F)F. The molecular formula is C11H11F2N3. The fourth-order valence-corrected chi connectivity index (χ4v) is 1.72. The molecule has 0 amide bonds. The normalized spacial score (nSPS) is 13.2. The van der Waals surface area contributed by atoms with Gasteiger partial charge < -0.3 is 0 Å². The first-order valence-electron chi connectivity index (χ1n) is 4.81. The lowest BCUT2D eigenvalue weighted by molar-refractivity contribution is 0.0992. The fraction of sp³-hybridized carbons (Fsp3) is 0.182. The van der Waals surface area contributed by atoms with Crippen molar-refractivity contribution in [1.82, 2.24) is 10.4 Å². The van der Waals surface area contributed by atoms with E-state index in [1.165, 1.54) is 0 Å².